The summed E-state index contributed by atoms with van der Waals surface area (Å²) in [6, 6.07) is 13.5. The minimum atomic E-state index is -0.875. The molecule has 1 unspecified atom stereocenters. The number of pyridine rings is 2. The fraction of sp³-hybridized carbons (Fsp3) is 0.412. The summed E-state index contributed by atoms with van der Waals surface area (Å²) in [7, 11) is 3.98. The van der Waals surface area contributed by atoms with Gasteiger partial charge in [0.25, 0.3) is 0 Å². The molecule has 1 aliphatic heterocycles. The number of carboxylic acid groups (broad SMARTS) is 1. The van der Waals surface area contributed by atoms with Crippen LogP contribution < -0.4 is 9.64 Å². The number of hydrogen-bond acceptors (Lipinski definition) is 7. The normalized spacial score (nSPS) is 14.0. The Bertz CT molecular complexity index is 1640. The maximum Gasteiger partial charge on any atom is 0.416 e. The molecule has 5 rings (SSSR count). The molecule has 0 spiro atoms. The lowest BCUT2D eigenvalue weighted by Crippen LogP contribution is -2.40. The lowest BCUT2D eigenvalue weighted by molar-refractivity contribution is -0.137. The van der Waals surface area contributed by atoms with Crippen molar-refractivity contribution in [3.05, 3.63) is 83.4 Å². The average molecular weight is 600 g/mol. The number of rotatable bonds is 10. The Morgan fingerprint density at radius 3 is 2.66 bits per heavy atom. The van der Waals surface area contributed by atoms with Crippen LogP contribution in [-0.4, -0.2) is 69.5 Å². The smallest absolute Gasteiger partial charge is 0.416 e. The van der Waals surface area contributed by atoms with Crippen LogP contribution in [0.5, 0.6) is 5.75 Å². The summed E-state index contributed by atoms with van der Waals surface area (Å²) < 4.78 is 13.7. The molecule has 0 bridgehead atoms. The molecule has 4 aromatic rings. The van der Waals surface area contributed by atoms with Crippen LogP contribution in [0.25, 0.3) is 10.9 Å². The van der Waals surface area contributed by atoms with E-state index in [9.17, 15) is 14.7 Å². The lowest BCUT2D eigenvalue weighted by Gasteiger charge is -2.31. The molecule has 0 radical (unpaired) electrons. The van der Waals surface area contributed by atoms with E-state index in [0.717, 1.165) is 52.7 Å². The SMILES string of the molecule is CN(C)Cc1cncc(C(CC(=O)O)n2ccc3cc(OCCc4ccc5c(n4)N(C(=O)OC(C)(C)C)CCC5)ccc32)c1. The van der Waals surface area contributed by atoms with Crippen molar-refractivity contribution >= 4 is 28.8 Å². The molecule has 10 heteroatoms. The Morgan fingerprint density at radius 1 is 1.09 bits per heavy atom. The van der Waals surface area contributed by atoms with E-state index in [1.807, 2.05) is 94.3 Å². The van der Waals surface area contributed by atoms with Crippen molar-refractivity contribution in [2.75, 3.05) is 32.1 Å². The number of benzene rings is 1. The third kappa shape index (κ3) is 7.55. The van der Waals surface area contributed by atoms with Crippen LogP contribution in [0.3, 0.4) is 0 Å². The summed E-state index contributed by atoms with van der Waals surface area (Å²) in [5, 5.41) is 10.7. The molecule has 0 saturated carbocycles. The molecule has 1 N–H and O–H groups in total. The summed E-state index contributed by atoms with van der Waals surface area (Å²) >= 11 is 0. The van der Waals surface area contributed by atoms with Crippen molar-refractivity contribution in [3.63, 3.8) is 0 Å². The summed E-state index contributed by atoms with van der Waals surface area (Å²) in [4.78, 5) is 37.6. The van der Waals surface area contributed by atoms with Gasteiger partial charge in [0.2, 0.25) is 0 Å². The summed E-state index contributed by atoms with van der Waals surface area (Å²) in [5.74, 6) is 0.511. The Balaban J connectivity index is 1.29. The second kappa shape index (κ2) is 13.1. The molecule has 4 heterocycles. The zero-order valence-electron chi connectivity index (χ0n) is 26.1. The first kappa shape index (κ1) is 31.0. The number of amides is 1. The molecular weight excluding hydrogens is 558 g/mol. The number of nitrogens with zero attached hydrogens (tertiary/aromatic N) is 5. The molecule has 44 heavy (non-hydrogen) atoms. The summed E-state index contributed by atoms with van der Waals surface area (Å²) in [6.45, 7) is 7.30. The molecule has 0 aliphatic carbocycles. The van der Waals surface area contributed by atoms with Crippen LogP contribution in [0, 0.1) is 0 Å². The second-order valence-corrected chi connectivity index (χ2v) is 12.5. The molecule has 1 aromatic carbocycles. The number of fused-ring (bicyclic) bond motifs is 2. The van der Waals surface area contributed by atoms with Crippen molar-refractivity contribution in [2.24, 2.45) is 0 Å². The van der Waals surface area contributed by atoms with E-state index >= 15 is 0 Å². The van der Waals surface area contributed by atoms with Crippen molar-refractivity contribution < 1.29 is 24.2 Å². The number of aromatic nitrogens is 3. The molecule has 232 valence electrons. The van der Waals surface area contributed by atoms with Crippen LogP contribution in [0.4, 0.5) is 10.6 Å². The van der Waals surface area contributed by atoms with Gasteiger partial charge >= 0.3 is 12.1 Å². The highest BCUT2D eigenvalue weighted by Gasteiger charge is 2.28. The molecule has 0 saturated heterocycles. The topological polar surface area (TPSA) is 110 Å². The lowest BCUT2D eigenvalue weighted by atomic mass is 10.0. The van der Waals surface area contributed by atoms with Crippen LogP contribution in [0.2, 0.25) is 0 Å². The third-order valence-electron chi connectivity index (χ3n) is 7.43. The highest BCUT2D eigenvalue weighted by atomic mass is 16.6. The van der Waals surface area contributed by atoms with E-state index in [2.05, 4.69) is 9.88 Å². The van der Waals surface area contributed by atoms with E-state index in [1.165, 1.54) is 0 Å². The summed E-state index contributed by atoms with van der Waals surface area (Å²) in [6.07, 6.45) is 7.38. The fourth-order valence-corrected chi connectivity index (χ4v) is 5.57. The van der Waals surface area contributed by atoms with Gasteiger partial charge in [0.1, 0.15) is 17.2 Å². The van der Waals surface area contributed by atoms with Gasteiger partial charge in [-0.2, -0.15) is 0 Å². The van der Waals surface area contributed by atoms with E-state index in [0.29, 0.717) is 31.1 Å². The van der Waals surface area contributed by atoms with Gasteiger partial charge in [-0.3, -0.25) is 14.7 Å². The molecular formula is C34H41N5O5. The van der Waals surface area contributed by atoms with Crippen molar-refractivity contribution in [2.45, 2.75) is 64.6 Å². The van der Waals surface area contributed by atoms with Crippen LogP contribution in [0.1, 0.15) is 62.0 Å². The fourth-order valence-electron chi connectivity index (χ4n) is 5.57. The van der Waals surface area contributed by atoms with Gasteiger partial charge in [0, 0.05) is 54.7 Å². The van der Waals surface area contributed by atoms with Gasteiger partial charge < -0.3 is 24.0 Å². The van der Waals surface area contributed by atoms with Crippen molar-refractivity contribution in [3.8, 4) is 5.75 Å². The number of aliphatic carboxylic acids is 1. The maximum absolute atomic E-state index is 12.8. The molecule has 3 aromatic heterocycles. The number of carbonyl (C=O) groups is 2. The number of hydrogen-bond donors (Lipinski definition) is 1. The number of ether oxygens (including phenoxy) is 2. The van der Waals surface area contributed by atoms with Crippen LogP contribution >= 0.6 is 0 Å². The number of carboxylic acids is 1. The third-order valence-corrected chi connectivity index (χ3v) is 7.43. The largest absolute Gasteiger partial charge is 0.493 e. The van der Waals surface area contributed by atoms with Gasteiger partial charge in [-0.15, -0.1) is 0 Å². The standard InChI is InChI=1S/C34H41N5O5/c1-34(2,3)44-33(42)39-14-6-7-24-8-9-27(36-32(24)39)13-16-43-28-10-11-29-25(18-28)12-15-38(29)30(19-31(40)41)26-17-23(20-35-21-26)22-37(4)5/h8-12,15,17-18,20-21,30H,6-7,13-14,16,19,22H2,1-5H3,(H,40,41). The highest BCUT2D eigenvalue weighted by molar-refractivity contribution is 5.88. The first-order valence-corrected chi connectivity index (χ1v) is 15.0. The van der Waals surface area contributed by atoms with Crippen molar-refractivity contribution in [1.29, 1.82) is 0 Å². The van der Waals surface area contributed by atoms with Gasteiger partial charge in [-0.25, -0.2) is 9.78 Å². The molecule has 10 nitrogen and oxygen atoms in total. The second-order valence-electron chi connectivity index (χ2n) is 12.5. The monoisotopic (exact) mass is 599 g/mol. The van der Waals surface area contributed by atoms with Gasteiger partial charge in [0.15, 0.2) is 0 Å². The zero-order chi connectivity index (χ0) is 31.4. The van der Waals surface area contributed by atoms with E-state index in [1.54, 1.807) is 11.1 Å². The van der Waals surface area contributed by atoms with Crippen LogP contribution in [0.15, 0.2) is 61.1 Å². The minimum Gasteiger partial charge on any atom is -0.493 e. The summed E-state index contributed by atoms with van der Waals surface area (Å²) in [5.41, 5.74) is 4.11. The quantitative estimate of drug-likeness (QED) is 0.241. The Hall–Kier alpha value is -4.44. The minimum absolute atomic E-state index is 0.0612. The molecule has 1 aliphatic rings. The number of carbonyl (C=O) groups excluding carboxylic acids is 1. The van der Waals surface area contributed by atoms with Gasteiger partial charge in [0.05, 0.1) is 19.1 Å². The Kier molecular flexibility index (Phi) is 9.20. The average Bonchev–Trinajstić information content (AvgIpc) is 3.37. The number of anilines is 1. The van der Waals surface area contributed by atoms with Crippen molar-refractivity contribution in [1.82, 2.24) is 19.4 Å². The number of aryl methyl sites for hydroxylation is 1. The van der Waals surface area contributed by atoms with E-state index in [4.69, 9.17) is 14.5 Å². The molecule has 1 atom stereocenters. The zero-order valence-corrected chi connectivity index (χ0v) is 26.1. The van der Waals surface area contributed by atoms with Gasteiger partial charge in [-0.05, 0) is 101 Å². The van der Waals surface area contributed by atoms with Gasteiger partial charge in [-0.1, -0.05) is 6.07 Å². The Morgan fingerprint density at radius 2 is 1.91 bits per heavy atom. The van der Waals surface area contributed by atoms with Crippen LogP contribution in [-0.2, 0) is 28.9 Å². The first-order chi connectivity index (χ1) is 21.0. The maximum atomic E-state index is 12.8. The predicted molar refractivity (Wildman–Crippen MR) is 169 cm³/mol. The molecule has 1 amide bonds. The first-order valence-electron chi connectivity index (χ1n) is 15.0. The highest BCUT2D eigenvalue weighted by Crippen LogP contribution is 2.31. The Labute approximate surface area is 258 Å². The molecule has 0 fully saturated rings. The van der Waals surface area contributed by atoms with E-state index < -0.39 is 17.6 Å². The predicted octanol–water partition coefficient (Wildman–Crippen LogP) is 5.87. The van der Waals surface area contributed by atoms with E-state index in [-0.39, 0.29) is 12.5 Å².